The number of rotatable bonds is 3. The van der Waals surface area contributed by atoms with E-state index in [1.54, 1.807) is 18.2 Å². The van der Waals surface area contributed by atoms with Crippen molar-refractivity contribution in [3.63, 3.8) is 0 Å². The van der Waals surface area contributed by atoms with E-state index < -0.39 is 11.7 Å². The molecule has 27 heavy (non-hydrogen) atoms. The Morgan fingerprint density at radius 1 is 0.963 bits per heavy atom. The Morgan fingerprint density at radius 2 is 1.74 bits per heavy atom. The van der Waals surface area contributed by atoms with Gasteiger partial charge in [-0.15, -0.1) is 0 Å². The maximum atomic E-state index is 12.3. The first-order valence-electron chi connectivity index (χ1n) is 8.27. The molecule has 4 aromatic rings. The van der Waals surface area contributed by atoms with Crippen molar-refractivity contribution < 1.29 is 19.1 Å². The number of phenols is 1. The van der Waals surface area contributed by atoms with Crippen LogP contribution in [-0.4, -0.2) is 11.2 Å². The van der Waals surface area contributed by atoms with E-state index in [2.05, 4.69) is 5.32 Å². The SMILES string of the molecule is O=C(Nc1ccc2c(c1)c(=O)oc1cc(O)ccc12)OCc1ccccc1. The maximum Gasteiger partial charge on any atom is 0.411 e. The number of benzene rings is 3. The molecule has 6 heteroatoms. The highest BCUT2D eigenvalue weighted by atomic mass is 16.5. The fraction of sp³-hybridized carbons (Fsp3) is 0.0476. The molecule has 1 amide bonds. The van der Waals surface area contributed by atoms with Gasteiger partial charge >= 0.3 is 11.7 Å². The first-order chi connectivity index (χ1) is 13.1. The van der Waals surface area contributed by atoms with Crippen molar-refractivity contribution in [2.75, 3.05) is 5.32 Å². The van der Waals surface area contributed by atoms with Gasteiger partial charge in [0.2, 0.25) is 0 Å². The molecular weight excluding hydrogens is 346 g/mol. The van der Waals surface area contributed by atoms with Gasteiger partial charge in [0.1, 0.15) is 17.9 Å². The summed E-state index contributed by atoms with van der Waals surface area (Å²) in [6.07, 6.45) is -0.617. The van der Waals surface area contributed by atoms with Gasteiger partial charge in [-0.1, -0.05) is 36.4 Å². The lowest BCUT2D eigenvalue weighted by Crippen LogP contribution is -2.13. The van der Waals surface area contributed by atoms with E-state index in [0.29, 0.717) is 27.4 Å². The van der Waals surface area contributed by atoms with Crippen LogP contribution in [0.2, 0.25) is 0 Å². The van der Waals surface area contributed by atoms with Crippen LogP contribution in [0.4, 0.5) is 10.5 Å². The summed E-state index contributed by atoms with van der Waals surface area (Å²) in [5.74, 6) is 0.0180. The first kappa shape index (κ1) is 16.7. The Labute approximate surface area is 153 Å². The van der Waals surface area contributed by atoms with Crippen LogP contribution in [0.25, 0.3) is 21.7 Å². The average molecular weight is 361 g/mol. The number of phenolic OH excluding ortho intramolecular Hbond substituents is 1. The quantitative estimate of drug-likeness (QED) is 0.417. The highest BCUT2D eigenvalue weighted by Gasteiger charge is 2.10. The first-order valence-corrected chi connectivity index (χ1v) is 8.27. The van der Waals surface area contributed by atoms with E-state index in [1.807, 2.05) is 30.3 Å². The second-order valence-electron chi connectivity index (χ2n) is 6.02. The third-order valence-electron chi connectivity index (χ3n) is 4.16. The molecule has 0 fully saturated rings. The van der Waals surface area contributed by atoms with E-state index in [1.165, 1.54) is 18.2 Å². The Bertz CT molecular complexity index is 1200. The smallest absolute Gasteiger partial charge is 0.411 e. The minimum absolute atomic E-state index is 0.0180. The predicted octanol–water partition coefficient (Wildman–Crippen LogP) is 4.40. The second-order valence-corrected chi connectivity index (χ2v) is 6.02. The van der Waals surface area contributed by atoms with E-state index in [0.717, 1.165) is 5.56 Å². The molecule has 0 saturated carbocycles. The number of carbonyl (C=O) groups excluding carboxylic acids is 1. The van der Waals surface area contributed by atoms with Crippen molar-refractivity contribution in [2.45, 2.75) is 6.61 Å². The fourth-order valence-electron chi connectivity index (χ4n) is 2.88. The Morgan fingerprint density at radius 3 is 2.56 bits per heavy atom. The number of fused-ring (bicyclic) bond motifs is 3. The van der Waals surface area contributed by atoms with E-state index in [-0.39, 0.29) is 12.4 Å². The normalized spacial score (nSPS) is 10.8. The van der Waals surface area contributed by atoms with Crippen LogP contribution in [0, 0.1) is 0 Å². The summed E-state index contributed by atoms with van der Waals surface area (Å²) < 4.78 is 10.4. The average Bonchev–Trinajstić information content (AvgIpc) is 2.67. The predicted molar refractivity (Wildman–Crippen MR) is 102 cm³/mol. The van der Waals surface area contributed by atoms with Crippen LogP contribution in [0.1, 0.15) is 5.56 Å². The van der Waals surface area contributed by atoms with Crippen LogP contribution < -0.4 is 10.9 Å². The van der Waals surface area contributed by atoms with Gasteiger partial charge in [-0.25, -0.2) is 9.59 Å². The van der Waals surface area contributed by atoms with Gasteiger partial charge in [0.15, 0.2) is 0 Å². The molecule has 0 aliphatic rings. The molecule has 0 spiro atoms. The topological polar surface area (TPSA) is 88.8 Å². The number of hydrogen-bond donors (Lipinski definition) is 2. The summed E-state index contributed by atoms with van der Waals surface area (Å²) in [4.78, 5) is 24.3. The number of ether oxygens (including phenoxy) is 1. The van der Waals surface area contributed by atoms with Crippen LogP contribution in [0.15, 0.2) is 75.9 Å². The number of aromatic hydroxyl groups is 1. The van der Waals surface area contributed by atoms with Crippen LogP contribution >= 0.6 is 0 Å². The van der Waals surface area contributed by atoms with Gasteiger partial charge < -0.3 is 14.3 Å². The lowest BCUT2D eigenvalue weighted by molar-refractivity contribution is 0.155. The molecule has 0 saturated heterocycles. The zero-order chi connectivity index (χ0) is 18.8. The monoisotopic (exact) mass is 361 g/mol. The Balaban J connectivity index is 1.59. The number of amides is 1. The van der Waals surface area contributed by atoms with E-state index in [4.69, 9.17) is 9.15 Å². The number of anilines is 1. The van der Waals surface area contributed by atoms with Gasteiger partial charge in [0, 0.05) is 22.5 Å². The van der Waals surface area contributed by atoms with Gasteiger partial charge in [-0.05, 0) is 29.8 Å². The standard InChI is InChI=1S/C21H15NO5/c23-15-7-9-17-16-8-6-14(10-18(16)20(24)27-19(17)11-15)22-21(25)26-12-13-4-2-1-3-5-13/h1-11,23H,12H2,(H,22,25). The van der Waals surface area contributed by atoms with Crippen LogP contribution in [0.5, 0.6) is 5.75 Å². The van der Waals surface area contributed by atoms with Crippen molar-refractivity contribution in [1.82, 2.24) is 0 Å². The van der Waals surface area contributed by atoms with E-state index >= 15 is 0 Å². The molecule has 4 rings (SSSR count). The zero-order valence-corrected chi connectivity index (χ0v) is 14.1. The molecule has 0 bridgehead atoms. The molecule has 0 aliphatic heterocycles. The Kier molecular flexibility index (Phi) is 4.22. The third-order valence-corrected chi connectivity index (χ3v) is 4.16. The summed E-state index contributed by atoms with van der Waals surface area (Å²) >= 11 is 0. The second kappa shape index (κ2) is 6.84. The molecule has 6 nitrogen and oxygen atoms in total. The summed E-state index contributed by atoms with van der Waals surface area (Å²) in [6, 6.07) is 18.9. The van der Waals surface area contributed by atoms with Crippen LogP contribution in [-0.2, 0) is 11.3 Å². The van der Waals surface area contributed by atoms with Crippen molar-refractivity contribution in [3.05, 3.63) is 82.7 Å². The minimum Gasteiger partial charge on any atom is -0.508 e. The largest absolute Gasteiger partial charge is 0.508 e. The summed E-state index contributed by atoms with van der Waals surface area (Å²) in [5.41, 5.74) is 1.05. The van der Waals surface area contributed by atoms with Gasteiger partial charge in [0.25, 0.3) is 0 Å². The van der Waals surface area contributed by atoms with E-state index in [9.17, 15) is 14.7 Å². The fourth-order valence-corrected chi connectivity index (χ4v) is 2.88. The molecule has 1 heterocycles. The molecule has 134 valence electrons. The molecule has 1 aromatic heterocycles. The van der Waals surface area contributed by atoms with Crippen molar-refractivity contribution >= 4 is 33.5 Å². The summed E-state index contributed by atoms with van der Waals surface area (Å²) in [6.45, 7) is 0.149. The third kappa shape index (κ3) is 3.46. The number of nitrogens with one attached hydrogen (secondary N) is 1. The molecule has 0 radical (unpaired) electrons. The molecule has 3 aromatic carbocycles. The summed E-state index contributed by atoms with van der Waals surface area (Å²) in [5, 5.41) is 13.8. The highest BCUT2D eigenvalue weighted by Crippen LogP contribution is 2.27. The van der Waals surface area contributed by atoms with Gasteiger partial charge in [-0.2, -0.15) is 0 Å². The molecule has 0 aliphatic carbocycles. The zero-order valence-electron chi connectivity index (χ0n) is 14.1. The van der Waals surface area contributed by atoms with Crippen molar-refractivity contribution in [3.8, 4) is 5.75 Å². The molecular formula is C21H15NO5. The lowest BCUT2D eigenvalue weighted by atomic mass is 10.1. The molecule has 2 N–H and O–H groups in total. The van der Waals surface area contributed by atoms with Gasteiger partial charge in [-0.3, -0.25) is 5.32 Å². The highest BCUT2D eigenvalue weighted by molar-refractivity contribution is 6.06. The maximum absolute atomic E-state index is 12.3. The number of hydrogen-bond acceptors (Lipinski definition) is 5. The molecule has 0 atom stereocenters. The minimum atomic E-state index is -0.617. The molecule has 0 unspecified atom stereocenters. The van der Waals surface area contributed by atoms with Crippen molar-refractivity contribution in [1.29, 1.82) is 0 Å². The van der Waals surface area contributed by atoms with Crippen LogP contribution in [0.3, 0.4) is 0 Å². The van der Waals surface area contributed by atoms with Gasteiger partial charge in [0.05, 0.1) is 5.39 Å². The summed E-state index contributed by atoms with van der Waals surface area (Å²) in [7, 11) is 0. The number of carbonyl (C=O) groups is 1. The Hall–Kier alpha value is -3.80. The van der Waals surface area contributed by atoms with Crippen molar-refractivity contribution in [2.24, 2.45) is 0 Å². The lowest BCUT2D eigenvalue weighted by Gasteiger charge is -2.08.